The molecule has 25 nitrogen and oxygen atoms in total. The van der Waals surface area contributed by atoms with Gasteiger partial charge in [0.1, 0.15) is 45.1 Å². The van der Waals surface area contributed by atoms with Gasteiger partial charge >= 0.3 is 48.3 Å². The van der Waals surface area contributed by atoms with Gasteiger partial charge in [-0.3, -0.25) is 29.1 Å². The number of rotatable bonds is 25. The third-order valence-electron chi connectivity index (χ3n) is 24.3. The molecule has 1 N–H and O–H groups in total. The van der Waals surface area contributed by atoms with Gasteiger partial charge in [0.2, 0.25) is 5.91 Å². The standard InChI is InChI=1S/C26H28N2O5.C25H30N2O4.C23H25NO5.C22H26N2O4/c1-32-25(30)23-13-7-14-27(23)24(29)22-12-6-15-28(22)26(31)33-16-21-19-10-4-2-8-17(19)18-9-3-5-11-20(18)21;1-3-26(16-24(28)30-2)15-18-9-8-14-27(18)25(29)31-17-23-21-12-6-4-10-19(21)20-11-5-7-13-22(20)23;1-27-22(25)15-28-13-16-7-6-12-24(16)23(26)29-14-21-19-10-4-2-8-17(19)18-9-3-5-11-20(18)21;1-3-24(14-21(25)27-2)13-12-23-22(26)28-15-20-18-10-6-4-8-16(18)17-9-5-7-11-19(17)20/h2-5,8-11,21-23H,6-7,12-16H2,1H3;4-7,10-13,18,23H,3,8-9,14-17H2,1-2H3;2-5,8-11,16,21H,6-7,12-15H2,1H3;4-11,20H,3,12-15H2,1-2H3,(H,23,26)/t22-,23+;18-;16-;/m111./s1. The van der Waals surface area contributed by atoms with Crippen LogP contribution in [0.25, 0.3) is 44.5 Å². The Hall–Kier alpha value is -11.9. The third kappa shape index (κ3) is 20.4. The highest BCUT2D eigenvalue weighted by Crippen LogP contribution is 2.49. The van der Waals surface area contributed by atoms with Gasteiger partial charge in [0.15, 0.2) is 0 Å². The van der Waals surface area contributed by atoms with Crippen LogP contribution in [-0.4, -0.2) is 248 Å². The molecule has 636 valence electrons. The molecule has 25 heteroatoms. The summed E-state index contributed by atoms with van der Waals surface area (Å²) < 4.78 is 47.2. The highest BCUT2D eigenvalue weighted by atomic mass is 16.6. The Morgan fingerprint density at radius 1 is 0.355 bits per heavy atom. The number of fused-ring (bicyclic) bond motifs is 12. The van der Waals surface area contributed by atoms with Crippen molar-refractivity contribution < 1.29 is 85.8 Å². The van der Waals surface area contributed by atoms with Crippen LogP contribution in [-0.2, 0) is 66.6 Å². The summed E-state index contributed by atoms with van der Waals surface area (Å²) in [5, 5.41) is 2.76. The lowest BCUT2D eigenvalue weighted by atomic mass is 9.98. The first-order valence-electron chi connectivity index (χ1n) is 42.1. The molecule has 8 aromatic carbocycles. The highest BCUT2D eigenvalue weighted by molar-refractivity contribution is 5.91. The molecule has 0 aromatic heterocycles. The van der Waals surface area contributed by atoms with Crippen molar-refractivity contribution in [2.75, 3.05) is 140 Å². The SMILES string of the molecule is CCN(CC(=O)OC)C[C@H]1CCCN1C(=O)OCC1c2ccccc2-c2ccccc21.CCN(CCNC(=O)OCC1c2ccccc2-c2ccccc21)CC(=O)OC.COC(=O)COC[C@H]1CCCN1C(=O)OCC1c2ccccc2-c2ccccc21.COC(=O)[C@@H]1CCCN1C(=O)[C@H]1CCCN1C(=O)OCC1c2ccccc2-c2ccccc21. The topological polar surface area (TPSA) is 268 Å². The number of amides is 5. The van der Waals surface area contributed by atoms with E-state index in [9.17, 15) is 43.2 Å². The zero-order chi connectivity index (χ0) is 84.9. The first kappa shape index (κ1) is 86.9. The number of benzene rings is 8. The van der Waals surface area contributed by atoms with Crippen molar-refractivity contribution in [3.05, 3.63) is 239 Å². The van der Waals surface area contributed by atoms with Crippen LogP contribution in [0.3, 0.4) is 0 Å². The summed E-state index contributed by atoms with van der Waals surface area (Å²) in [7, 11) is 5.42. The molecule has 0 unspecified atom stereocenters. The molecule has 4 saturated heterocycles. The van der Waals surface area contributed by atoms with E-state index < -0.39 is 36.2 Å². The van der Waals surface area contributed by atoms with Gasteiger partial charge in [0.05, 0.1) is 54.2 Å². The third-order valence-corrected chi connectivity index (χ3v) is 24.3. The Bertz CT molecular complexity index is 4800. The average Bonchev–Trinajstić information content (AvgIpc) is 1.63. The van der Waals surface area contributed by atoms with Crippen LogP contribution < -0.4 is 5.32 Å². The monoisotopic (exact) mass is 1650 g/mol. The number of nitrogens with one attached hydrogen (secondary N) is 1. The second kappa shape index (κ2) is 41.8. The maximum atomic E-state index is 13.2. The molecular weight excluding hydrogens is 1540 g/mol. The first-order chi connectivity index (χ1) is 59.0. The molecule has 8 aromatic rings. The average molecular weight is 1650 g/mol. The fourth-order valence-electron chi connectivity index (χ4n) is 18.1. The largest absolute Gasteiger partial charge is 0.468 e. The smallest absolute Gasteiger partial charge is 0.410 e. The molecule has 8 aliphatic rings. The van der Waals surface area contributed by atoms with E-state index in [0.29, 0.717) is 91.6 Å². The second-order valence-electron chi connectivity index (χ2n) is 31.1. The van der Waals surface area contributed by atoms with Crippen LogP contribution in [0, 0.1) is 0 Å². The van der Waals surface area contributed by atoms with Crippen LogP contribution in [0.5, 0.6) is 0 Å². The highest BCUT2D eigenvalue weighted by Gasteiger charge is 2.44. The molecule has 121 heavy (non-hydrogen) atoms. The molecule has 0 saturated carbocycles. The van der Waals surface area contributed by atoms with Crippen LogP contribution in [0.4, 0.5) is 19.2 Å². The molecule has 4 atom stereocenters. The van der Waals surface area contributed by atoms with Crippen molar-refractivity contribution in [2.45, 2.75) is 113 Å². The number of methoxy groups -OCH3 is 4. The Labute approximate surface area is 707 Å². The number of nitrogens with zero attached hydrogens (tertiary/aromatic N) is 6. The van der Waals surface area contributed by atoms with Gasteiger partial charge in [-0.2, -0.15) is 0 Å². The minimum Gasteiger partial charge on any atom is -0.468 e. The van der Waals surface area contributed by atoms with E-state index in [-0.39, 0.29) is 92.1 Å². The van der Waals surface area contributed by atoms with Crippen LogP contribution >= 0.6 is 0 Å². The summed E-state index contributed by atoms with van der Waals surface area (Å²) in [6, 6.07) is 64.9. The number of ether oxygens (including phenoxy) is 9. The zero-order valence-electron chi connectivity index (χ0n) is 69.8. The number of hydrogen-bond acceptors (Lipinski definition) is 20. The van der Waals surface area contributed by atoms with Crippen LogP contribution in [0.15, 0.2) is 194 Å². The number of likely N-dealkylation sites (N-methyl/N-ethyl adjacent to an activating group) is 2. The van der Waals surface area contributed by atoms with Crippen molar-refractivity contribution in [1.82, 2.24) is 34.7 Å². The Morgan fingerprint density at radius 3 is 1.06 bits per heavy atom. The Kier molecular flexibility index (Phi) is 30.1. The predicted molar refractivity (Wildman–Crippen MR) is 455 cm³/mol. The molecule has 0 radical (unpaired) electrons. The van der Waals surface area contributed by atoms with E-state index in [4.69, 9.17) is 33.2 Å². The minimum absolute atomic E-state index is 0.0274. The van der Waals surface area contributed by atoms with Crippen LogP contribution in [0.2, 0.25) is 0 Å². The quantitative estimate of drug-likeness (QED) is 0.0411. The van der Waals surface area contributed by atoms with Crippen molar-refractivity contribution in [3.63, 3.8) is 0 Å². The molecule has 4 aliphatic carbocycles. The van der Waals surface area contributed by atoms with Crippen LogP contribution in [0.1, 0.15) is 133 Å². The summed E-state index contributed by atoms with van der Waals surface area (Å²) >= 11 is 0. The molecule has 4 heterocycles. The van der Waals surface area contributed by atoms with E-state index >= 15 is 0 Å². The summed E-state index contributed by atoms with van der Waals surface area (Å²) in [6.07, 6.45) is 4.75. The summed E-state index contributed by atoms with van der Waals surface area (Å²) in [6.45, 7) is 11.1. The van der Waals surface area contributed by atoms with E-state index in [1.165, 1.54) is 111 Å². The van der Waals surface area contributed by atoms with Gasteiger partial charge in [-0.05, 0) is 153 Å². The zero-order valence-corrected chi connectivity index (χ0v) is 69.8. The van der Waals surface area contributed by atoms with E-state index in [0.717, 1.165) is 56.2 Å². The number of esters is 4. The molecular formula is C96H109N7O18. The van der Waals surface area contributed by atoms with Gasteiger partial charge in [-0.15, -0.1) is 0 Å². The predicted octanol–water partition coefficient (Wildman–Crippen LogP) is 14.1. The van der Waals surface area contributed by atoms with Crippen molar-refractivity contribution >= 4 is 54.2 Å². The number of carbonyl (C=O) groups is 9. The number of hydrogen-bond donors (Lipinski definition) is 1. The van der Waals surface area contributed by atoms with E-state index in [1.54, 1.807) is 9.80 Å². The lowest BCUT2D eigenvalue weighted by Gasteiger charge is -2.30. The number of likely N-dealkylation sites (tertiary alicyclic amines) is 4. The number of alkyl carbamates (subject to hydrolysis) is 1. The van der Waals surface area contributed by atoms with Gasteiger partial charge in [0.25, 0.3) is 0 Å². The van der Waals surface area contributed by atoms with Gasteiger partial charge in [-0.25, -0.2) is 28.8 Å². The lowest BCUT2D eigenvalue weighted by Crippen LogP contribution is -2.51. The second-order valence-corrected chi connectivity index (χ2v) is 31.1. The van der Waals surface area contributed by atoms with E-state index in [1.807, 2.05) is 126 Å². The molecule has 0 bridgehead atoms. The molecule has 4 aliphatic heterocycles. The van der Waals surface area contributed by atoms with Gasteiger partial charge < -0.3 is 62.6 Å². The maximum absolute atomic E-state index is 13.2. The van der Waals surface area contributed by atoms with Crippen molar-refractivity contribution in [2.24, 2.45) is 0 Å². The minimum atomic E-state index is -0.592. The Balaban J connectivity index is 0.000000140. The molecule has 5 amide bonds. The normalized spacial score (nSPS) is 17.5. The maximum Gasteiger partial charge on any atom is 0.410 e. The van der Waals surface area contributed by atoms with Crippen molar-refractivity contribution in [3.8, 4) is 44.5 Å². The molecule has 4 fully saturated rings. The fourth-order valence-corrected chi connectivity index (χ4v) is 18.1. The summed E-state index contributed by atoms with van der Waals surface area (Å²) in [5.41, 5.74) is 19.1. The number of carbonyl (C=O) groups excluding carboxylic acids is 9. The molecule has 16 rings (SSSR count). The van der Waals surface area contributed by atoms with Gasteiger partial charge in [0, 0.05) is 75.5 Å². The fraction of sp³-hybridized carbons (Fsp3) is 0.406. The van der Waals surface area contributed by atoms with E-state index in [2.05, 4.69) is 112 Å². The van der Waals surface area contributed by atoms with Crippen molar-refractivity contribution in [1.29, 1.82) is 0 Å². The first-order valence-corrected chi connectivity index (χ1v) is 42.1. The lowest BCUT2D eigenvalue weighted by molar-refractivity contribution is -0.152. The Morgan fingerprint density at radius 2 is 0.678 bits per heavy atom. The summed E-state index contributed by atoms with van der Waals surface area (Å²) in [4.78, 5) is 121. The van der Waals surface area contributed by atoms with Gasteiger partial charge in [-0.1, -0.05) is 208 Å². The molecule has 0 spiro atoms. The summed E-state index contributed by atoms with van der Waals surface area (Å²) in [5.74, 6) is -1.43.